The first-order valence-corrected chi connectivity index (χ1v) is 11.3. The van der Waals surface area contributed by atoms with E-state index in [2.05, 4.69) is 50.9 Å². The van der Waals surface area contributed by atoms with Crippen LogP contribution in [0.5, 0.6) is 5.75 Å². The average Bonchev–Trinajstić information content (AvgIpc) is 3.27. The molecule has 2 aromatic heterocycles. The number of thioether (sulfide) groups is 1. The number of hydrogen-bond donors (Lipinski definition) is 0. The van der Waals surface area contributed by atoms with Crippen LogP contribution in [0.2, 0.25) is 0 Å². The molecule has 4 aromatic rings. The molecule has 0 amide bonds. The van der Waals surface area contributed by atoms with Crippen molar-refractivity contribution in [1.29, 1.82) is 0 Å². The van der Waals surface area contributed by atoms with Crippen molar-refractivity contribution in [3.05, 3.63) is 83.7 Å². The van der Waals surface area contributed by atoms with E-state index in [9.17, 15) is 4.79 Å². The number of rotatable bonds is 8. The summed E-state index contributed by atoms with van der Waals surface area (Å²) in [5, 5.41) is 9.73. The maximum Gasteiger partial charge on any atom is 0.196 e. The second-order valence-corrected chi connectivity index (χ2v) is 8.21. The first-order valence-electron chi connectivity index (χ1n) is 10.4. The normalized spacial score (nSPS) is 10.8. The Kier molecular flexibility index (Phi) is 6.66. The molecular weight excluding hydrogens is 420 g/mol. The van der Waals surface area contributed by atoms with Crippen LogP contribution < -0.4 is 4.74 Å². The zero-order valence-corrected chi connectivity index (χ0v) is 19.1. The standard InChI is InChI=1S/C25H24N4O2S/c1-4-18-5-8-22(9-6-18)29-24(19-11-13-26-14-12-19)27-28-25(29)32-16-21-15-20(17(2)30)7-10-23(21)31-3/h5-15H,4,16H2,1-3H3. The molecular formula is C25H24N4O2S. The van der Waals surface area contributed by atoms with Gasteiger partial charge in [0, 0.05) is 40.5 Å². The van der Waals surface area contributed by atoms with E-state index in [1.54, 1.807) is 44.3 Å². The minimum Gasteiger partial charge on any atom is -0.496 e. The van der Waals surface area contributed by atoms with E-state index < -0.39 is 0 Å². The van der Waals surface area contributed by atoms with E-state index in [1.807, 2.05) is 24.3 Å². The van der Waals surface area contributed by atoms with Crippen molar-refractivity contribution in [3.63, 3.8) is 0 Å². The number of pyridine rings is 1. The van der Waals surface area contributed by atoms with Crippen molar-refractivity contribution in [2.75, 3.05) is 7.11 Å². The van der Waals surface area contributed by atoms with Crippen LogP contribution in [0, 0.1) is 0 Å². The Morgan fingerprint density at radius 2 is 1.78 bits per heavy atom. The number of ketones is 1. The largest absolute Gasteiger partial charge is 0.496 e. The number of hydrogen-bond acceptors (Lipinski definition) is 6. The molecule has 32 heavy (non-hydrogen) atoms. The van der Waals surface area contributed by atoms with Gasteiger partial charge in [0.05, 0.1) is 7.11 Å². The maximum atomic E-state index is 11.8. The number of carbonyl (C=O) groups excluding carboxylic acids is 1. The molecule has 0 bridgehead atoms. The highest BCUT2D eigenvalue weighted by Gasteiger charge is 2.17. The predicted octanol–water partition coefficient (Wildman–Crippen LogP) is 5.40. The van der Waals surface area contributed by atoms with Crippen molar-refractivity contribution in [2.45, 2.75) is 31.2 Å². The van der Waals surface area contributed by atoms with Gasteiger partial charge in [-0.3, -0.25) is 14.3 Å². The highest BCUT2D eigenvalue weighted by atomic mass is 32.2. The summed E-state index contributed by atoms with van der Waals surface area (Å²) in [6.07, 6.45) is 4.48. The van der Waals surface area contributed by atoms with Crippen molar-refractivity contribution in [2.24, 2.45) is 0 Å². The van der Waals surface area contributed by atoms with Gasteiger partial charge in [-0.1, -0.05) is 30.8 Å². The summed E-state index contributed by atoms with van der Waals surface area (Å²) in [5.74, 6) is 2.11. The van der Waals surface area contributed by atoms with Gasteiger partial charge in [0.25, 0.3) is 0 Å². The molecule has 7 heteroatoms. The zero-order chi connectivity index (χ0) is 22.5. The van der Waals surface area contributed by atoms with Gasteiger partial charge in [-0.05, 0) is 61.4 Å². The van der Waals surface area contributed by atoms with E-state index in [1.165, 1.54) is 5.56 Å². The number of Topliss-reactive ketones (excluding diaryl/α,β-unsaturated/α-hetero) is 1. The molecule has 0 radical (unpaired) electrons. The zero-order valence-electron chi connectivity index (χ0n) is 18.3. The van der Waals surface area contributed by atoms with Crippen molar-refractivity contribution in [1.82, 2.24) is 19.7 Å². The Labute approximate surface area is 191 Å². The first-order chi connectivity index (χ1) is 15.6. The number of methoxy groups -OCH3 is 1. The third-order valence-electron chi connectivity index (χ3n) is 5.22. The predicted molar refractivity (Wildman–Crippen MR) is 127 cm³/mol. The molecule has 2 heterocycles. The molecule has 0 spiro atoms. The average molecular weight is 445 g/mol. The van der Waals surface area contributed by atoms with Crippen LogP contribution in [-0.2, 0) is 12.2 Å². The van der Waals surface area contributed by atoms with Gasteiger partial charge in [0.1, 0.15) is 5.75 Å². The summed E-state index contributed by atoms with van der Waals surface area (Å²) in [4.78, 5) is 16.0. The lowest BCUT2D eigenvalue weighted by Crippen LogP contribution is -2.01. The molecule has 0 atom stereocenters. The minimum absolute atomic E-state index is 0.0260. The molecule has 0 aliphatic heterocycles. The van der Waals surface area contributed by atoms with Crippen LogP contribution in [0.1, 0.15) is 35.3 Å². The topological polar surface area (TPSA) is 69.9 Å². The van der Waals surface area contributed by atoms with E-state index in [0.29, 0.717) is 11.3 Å². The van der Waals surface area contributed by atoms with Gasteiger partial charge in [0.15, 0.2) is 16.8 Å². The SMILES string of the molecule is CCc1ccc(-n2c(SCc3cc(C(C)=O)ccc3OC)nnc2-c2ccncc2)cc1. The van der Waals surface area contributed by atoms with Gasteiger partial charge in [-0.2, -0.15) is 0 Å². The van der Waals surface area contributed by atoms with Crippen LogP contribution in [-0.4, -0.2) is 32.6 Å². The van der Waals surface area contributed by atoms with Crippen molar-refractivity contribution in [3.8, 4) is 22.8 Å². The van der Waals surface area contributed by atoms with E-state index in [4.69, 9.17) is 4.74 Å². The number of carbonyl (C=O) groups is 1. The second kappa shape index (κ2) is 9.78. The Morgan fingerprint density at radius 3 is 2.44 bits per heavy atom. The highest BCUT2D eigenvalue weighted by molar-refractivity contribution is 7.98. The molecule has 162 valence electrons. The third-order valence-corrected chi connectivity index (χ3v) is 6.20. The molecule has 0 aliphatic rings. The summed E-state index contributed by atoms with van der Waals surface area (Å²) in [7, 11) is 1.64. The Hall–Kier alpha value is -3.45. The quantitative estimate of drug-likeness (QED) is 0.268. The minimum atomic E-state index is 0.0260. The first kappa shape index (κ1) is 21.8. The molecule has 0 fully saturated rings. The van der Waals surface area contributed by atoms with Gasteiger partial charge in [-0.15, -0.1) is 10.2 Å². The van der Waals surface area contributed by atoms with Crippen molar-refractivity contribution >= 4 is 17.5 Å². The Morgan fingerprint density at radius 1 is 1.03 bits per heavy atom. The fraction of sp³-hybridized carbons (Fsp3) is 0.200. The van der Waals surface area contributed by atoms with Crippen LogP contribution in [0.3, 0.4) is 0 Å². The number of benzene rings is 2. The monoisotopic (exact) mass is 444 g/mol. The van der Waals surface area contributed by atoms with Crippen LogP contribution in [0.25, 0.3) is 17.1 Å². The third kappa shape index (κ3) is 4.57. The van der Waals surface area contributed by atoms with Crippen LogP contribution >= 0.6 is 11.8 Å². The van der Waals surface area contributed by atoms with Crippen LogP contribution in [0.15, 0.2) is 72.1 Å². The fourth-order valence-electron chi connectivity index (χ4n) is 3.42. The molecule has 0 aliphatic carbocycles. The number of aryl methyl sites for hydroxylation is 1. The molecule has 0 saturated carbocycles. The van der Waals surface area contributed by atoms with E-state index in [0.717, 1.165) is 40.0 Å². The van der Waals surface area contributed by atoms with Gasteiger partial charge in [-0.25, -0.2) is 0 Å². The summed E-state index contributed by atoms with van der Waals surface area (Å²) < 4.78 is 7.57. The maximum absolute atomic E-state index is 11.8. The van der Waals surface area contributed by atoms with E-state index in [-0.39, 0.29) is 5.78 Å². The molecule has 6 nitrogen and oxygen atoms in total. The molecule has 0 saturated heterocycles. The Balaban J connectivity index is 1.72. The number of aromatic nitrogens is 4. The lowest BCUT2D eigenvalue weighted by Gasteiger charge is -2.12. The van der Waals surface area contributed by atoms with E-state index >= 15 is 0 Å². The summed E-state index contributed by atoms with van der Waals surface area (Å²) >= 11 is 1.55. The Bertz CT molecular complexity index is 1220. The smallest absolute Gasteiger partial charge is 0.196 e. The van der Waals surface area contributed by atoms with Gasteiger partial charge in [0.2, 0.25) is 0 Å². The molecule has 0 N–H and O–H groups in total. The molecule has 0 unspecified atom stereocenters. The fourth-order valence-corrected chi connectivity index (χ4v) is 4.35. The second-order valence-electron chi connectivity index (χ2n) is 7.27. The molecule has 4 rings (SSSR count). The number of ether oxygens (including phenoxy) is 1. The molecule has 2 aromatic carbocycles. The summed E-state index contributed by atoms with van der Waals surface area (Å²) in [5.41, 5.74) is 4.80. The lowest BCUT2D eigenvalue weighted by atomic mass is 10.1. The van der Waals surface area contributed by atoms with Gasteiger partial charge >= 0.3 is 0 Å². The van der Waals surface area contributed by atoms with Crippen molar-refractivity contribution < 1.29 is 9.53 Å². The summed E-state index contributed by atoms with van der Waals surface area (Å²) in [6, 6.07) is 17.8. The highest BCUT2D eigenvalue weighted by Crippen LogP contribution is 2.32. The van der Waals surface area contributed by atoms with Gasteiger partial charge < -0.3 is 4.74 Å². The summed E-state index contributed by atoms with van der Waals surface area (Å²) in [6.45, 7) is 3.70. The lowest BCUT2D eigenvalue weighted by molar-refractivity contribution is 0.101. The van der Waals surface area contributed by atoms with Crippen LogP contribution in [0.4, 0.5) is 0 Å². The number of nitrogens with zero attached hydrogens (tertiary/aromatic N) is 4.